The summed E-state index contributed by atoms with van der Waals surface area (Å²) in [6.45, 7) is 6.23. The second-order valence-electron chi connectivity index (χ2n) is 6.46. The lowest BCUT2D eigenvalue weighted by Crippen LogP contribution is -2.41. The van der Waals surface area contributed by atoms with Crippen LogP contribution in [0.15, 0.2) is 29.2 Å². The highest BCUT2D eigenvalue weighted by atomic mass is 32.2. The van der Waals surface area contributed by atoms with E-state index in [9.17, 15) is 13.2 Å². The van der Waals surface area contributed by atoms with Crippen LogP contribution in [0, 0.1) is 0 Å². The molecule has 7 heteroatoms. The van der Waals surface area contributed by atoms with Gasteiger partial charge in [0.15, 0.2) is 0 Å². The Morgan fingerprint density at radius 2 is 2.04 bits per heavy atom. The zero-order valence-electron chi connectivity index (χ0n) is 14.7. The predicted molar refractivity (Wildman–Crippen MR) is 92.4 cm³/mol. The molecule has 1 heterocycles. The number of hydrogen-bond acceptors (Lipinski definition) is 4. The van der Waals surface area contributed by atoms with Gasteiger partial charge in [0.25, 0.3) is 5.91 Å². The van der Waals surface area contributed by atoms with Crippen molar-refractivity contribution in [3.63, 3.8) is 0 Å². The Morgan fingerprint density at radius 1 is 1.33 bits per heavy atom. The molecule has 1 aliphatic rings. The maximum absolute atomic E-state index is 12.6. The van der Waals surface area contributed by atoms with Crippen LogP contribution >= 0.6 is 0 Å². The highest BCUT2D eigenvalue weighted by Crippen LogP contribution is 2.19. The number of benzene rings is 1. The first kappa shape index (κ1) is 18.9. The first-order valence-electron chi connectivity index (χ1n) is 8.24. The maximum Gasteiger partial charge on any atom is 0.251 e. The molecule has 0 aliphatic carbocycles. The summed E-state index contributed by atoms with van der Waals surface area (Å²) in [5.74, 6) is -0.290. The highest BCUT2D eigenvalue weighted by molar-refractivity contribution is 7.89. The van der Waals surface area contributed by atoms with Crippen molar-refractivity contribution >= 4 is 15.9 Å². The molecule has 1 aromatic carbocycles. The number of hydrogen-bond donors (Lipinski definition) is 1. The quantitative estimate of drug-likeness (QED) is 0.848. The molecule has 6 nitrogen and oxygen atoms in total. The largest absolute Gasteiger partial charge is 0.376 e. The van der Waals surface area contributed by atoms with Crippen LogP contribution in [0.1, 0.15) is 44.0 Å². The zero-order chi connectivity index (χ0) is 17.9. The molecule has 0 bridgehead atoms. The number of carbonyl (C=O) groups excluding carboxylic acids is 1. The number of ether oxygens (including phenoxy) is 1. The second-order valence-corrected chi connectivity index (χ2v) is 8.45. The standard InChI is InChI=1S/C17H26N2O4S/c1-12(2)19(4)24(21,22)15-8-5-7-14(11-15)17(20)18-13(3)16-9-6-10-23-16/h5,7-8,11-13,16H,6,9-10H2,1-4H3,(H,18,20). The fourth-order valence-corrected chi connectivity index (χ4v) is 4.04. The third-order valence-corrected chi connectivity index (χ3v) is 6.41. The number of carbonyl (C=O) groups is 1. The van der Waals surface area contributed by atoms with E-state index < -0.39 is 10.0 Å². The van der Waals surface area contributed by atoms with Gasteiger partial charge in [0.2, 0.25) is 10.0 Å². The van der Waals surface area contributed by atoms with Gasteiger partial charge in [-0.1, -0.05) is 6.07 Å². The summed E-state index contributed by atoms with van der Waals surface area (Å²) in [6, 6.07) is 5.87. The van der Waals surface area contributed by atoms with E-state index in [1.807, 2.05) is 6.92 Å². The van der Waals surface area contributed by atoms with Crippen molar-refractivity contribution in [2.45, 2.75) is 56.7 Å². The Bertz CT molecular complexity index is 682. The van der Waals surface area contributed by atoms with Crippen molar-refractivity contribution in [3.8, 4) is 0 Å². The molecule has 0 saturated carbocycles. The summed E-state index contributed by atoms with van der Waals surface area (Å²) >= 11 is 0. The van der Waals surface area contributed by atoms with Gasteiger partial charge >= 0.3 is 0 Å². The number of nitrogens with zero attached hydrogens (tertiary/aromatic N) is 1. The van der Waals surface area contributed by atoms with Crippen molar-refractivity contribution in [2.75, 3.05) is 13.7 Å². The third kappa shape index (κ3) is 4.15. The molecule has 2 atom stereocenters. The SMILES string of the molecule is CC(NC(=O)c1cccc(S(=O)(=O)N(C)C(C)C)c1)C1CCCO1. The Hall–Kier alpha value is -1.44. The minimum atomic E-state index is -3.61. The Labute approximate surface area is 144 Å². The summed E-state index contributed by atoms with van der Waals surface area (Å²) < 4.78 is 32.0. The number of sulfonamides is 1. The fraction of sp³-hybridized carbons (Fsp3) is 0.588. The maximum atomic E-state index is 12.6. The van der Waals surface area contributed by atoms with E-state index in [0.717, 1.165) is 19.4 Å². The van der Waals surface area contributed by atoms with Gasteiger partial charge in [0, 0.05) is 25.3 Å². The molecular weight excluding hydrogens is 328 g/mol. The van der Waals surface area contributed by atoms with Crippen molar-refractivity contribution in [3.05, 3.63) is 29.8 Å². The predicted octanol–water partition coefficient (Wildman–Crippen LogP) is 2.01. The smallest absolute Gasteiger partial charge is 0.251 e. The van der Waals surface area contributed by atoms with Crippen LogP contribution in [0.5, 0.6) is 0 Å². The minimum absolute atomic E-state index is 0.0212. The van der Waals surface area contributed by atoms with Gasteiger partial charge in [-0.3, -0.25) is 4.79 Å². The Morgan fingerprint density at radius 3 is 2.62 bits per heavy atom. The average Bonchev–Trinajstić information content (AvgIpc) is 3.08. The minimum Gasteiger partial charge on any atom is -0.376 e. The van der Waals surface area contributed by atoms with Crippen molar-refractivity contribution in [2.24, 2.45) is 0 Å². The molecule has 1 aliphatic heterocycles. The van der Waals surface area contributed by atoms with Crippen LogP contribution in [-0.4, -0.2) is 50.5 Å². The lowest BCUT2D eigenvalue weighted by molar-refractivity contribution is 0.0712. The van der Waals surface area contributed by atoms with E-state index in [1.165, 1.54) is 23.5 Å². The summed E-state index contributed by atoms with van der Waals surface area (Å²) in [5.41, 5.74) is 0.332. The molecule has 0 aromatic heterocycles. The number of amides is 1. The fourth-order valence-electron chi connectivity index (χ4n) is 2.62. The van der Waals surface area contributed by atoms with E-state index in [2.05, 4.69) is 5.32 Å². The van der Waals surface area contributed by atoms with Gasteiger partial charge in [-0.15, -0.1) is 0 Å². The van der Waals surface area contributed by atoms with Crippen LogP contribution in [-0.2, 0) is 14.8 Å². The molecule has 1 aromatic rings. The van der Waals surface area contributed by atoms with Gasteiger partial charge in [-0.2, -0.15) is 4.31 Å². The average molecular weight is 354 g/mol. The molecule has 2 rings (SSSR count). The van der Waals surface area contributed by atoms with E-state index in [4.69, 9.17) is 4.74 Å². The second kappa shape index (κ2) is 7.63. The van der Waals surface area contributed by atoms with E-state index in [0.29, 0.717) is 5.56 Å². The van der Waals surface area contributed by atoms with Crippen molar-refractivity contribution < 1.29 is 17.9 Å². The van der Waals surface area contributed by atoms with Crippen LogP contribution < -0.4 is 5.32 Å². The molecule has 2 unspecified atom stereocenters. The van der Waals surface area contributed by atoms with Gasteiger partial charge in [-0.25, -0.2) is 8.42 Å². The van der Waals surface area contributed by atoms with Crippen LogP contribution in [0.25, 0.3) is 0 Å². The summed E-state index contributed by atoms with van der Waals surface area (Å²) in [4.78, 5) is 12.5. The molecule has 24 heavy (non-hydrogen) atoms. The van der Waals surface area contributed by atoms with Gasteiger partial charge < -0.3 is 10.1 Å². The molecule has 1 fully saturated rings. The van der Waals surface area contributed by atoms with E-state index in [1.54, 1.807) is 26.0 Å². The molecule has 0 spiro atoms. The van der Waals surface area contributed by atoms with Crippen molar-refractivity contribution in [1.82, 2.24) is 9.62 Å². The molecule has 1 saturated heterocycles. The van der Waals surface area contributed by atoms with Crippen LogP contribution in [0.4, 0.5) is 0 Å². The monoisotopic (exact) mass is 354 g/mol. The van der Waals surface area contributed by atoms with Crippen molar-refractivity contribution in [1.29, 1.82) is 0 Å². The lowest BCUT2D eigenvalue weighted by Gasteiger charge is -2.22. The summed E-state index contributed by atoms with van der Waals surface area (Å²) in [6.07, 6.45) is 1.95. The van der Waals surface area contributed by atoms with Gasteiger partial charge in [0.1, 0.15) is 0 Å². The zero-order valence-corrected chi connectivity index (χ0v) is 15.5. The van der Waals surface area contributed by atoms with Crippen LogP contribution in [0.3, 0.4) is 0 Å². The summed E-state index contributed by atoms with van der Waals surface area (Å²) in [5, 5.41) is 2.90. The molecule has 134 valence electrons. The molecule has 0 radical (unpaired) electrons. The number of nitrogens with one attached hydrogen (secondary N) is 1. The van der Waals surface area contributed by atoms with Gasteiger partial charge in [0.05, 0.1) is 17.0 Å². The number of rotatable bonds is 6. The highest BCUT2D eigenvalue weighted by Gasteiger charge is 2.26. The van der Waals surface area contributed by atoms with Gasteiger partial charge in [-0.05, 0) is 51.8 Å². The Kier molecular flexibility index (Phi) is 6.01. The molecular formula is C17H26N2O4S. The van der Waals surface area contributed by atoms with E-state index in [-0.39, 0.29) is 29.0 Å². The molecule has 1 amide bonds. The van der Waals surface area contributed by atoms with Crippen LogP contribution in [0.2, 0.25) is 0 Å². The normalized spacial score (nSPS) is 19.7. The first-order chi connectivity index (χ1) is 11.2. The first-order valence-corrected chi connectivity index (χ1v) is 9.68. The Balaban J connectivity index is 2.16. The topological polar surface area (TPSA) is 75.7 Å². The lowest BCUT2D eigenvalue weighted by atomic mass is 10.1. The summed E-state index contributed by atoms with van der Waals surface area (Å²) in [7, 11) is -2.08. The molecule has 1 N–H and O–H groups in total. The van der Waals surface area contributed by atoms with E-state index >= 15 is 0 Å². The third-order valence-electron chi connectivity index (χ3n) is 4.38.